The summed E-state index contributed by atoms with van der Waals surface area (Å²) >= 11 is 0. The average Bonchev–Trinajstić information content (AvgIpc) is 2.60. The monoisotopic (exact) mass is 352 g/mol. The molecule has 0 aliphatic rings. The number of carbonyl (C=O) groups excluding carboxylic acids is 1. The third-order valence-electron chi connectivity index (χ3n) is 4.15. The van der Waals surface area contributed by atoms with Crippen LogP contribution in [0.5, 0.6) is 0 Å². The van der Waals surface area contributed by atoms with E-state index in [4.69, 9.17) is 5.73 Å². The molecule has 1 aromatic heterocycles. The van der Waals surface area contributed by atoms with E-state index >= 15 is 0 Å². The summed E-state index contributed by atoms with van der Waals surface area (Å²) in [7, 11) is 0. The maximum Gasteiger partial charge on any atom is 0.248 e. The highest BCUT2D eigenvalue weighted by Crippen LogP contribution is 2.26. The summed E-state index contributed by atoms with van der Waals surface area (Å²) in [6.45, 7) is 4.26. The fraction of sp³-hybridized carbons (Fsp3) is 0.250. The first-order valence-electron chi connectivity index (χ1n) is 8.51. The SMILES string of the molecule is CC(C)CC(Nc1ncc2ccc(F)cc2n1)c1ccc(C(N)=O)cc1. The van der Waals surface area contributed by atoms with Crippen molar-refractivity contribution in [3.63, 3.8) is 0 Å². The Morgan fingerprint density at radius 3 is 2.58 bits per heavy atom. The quantitative estimate of drug-likeness (QED) is 0.701. The molecule has 26 heavy (non-hydrogen) atoms. The molecule has 1 atom stereocenters. The van der Waals surface area contributed by atoms with Crippen LogP contribution in [-0.4, -0.2) is 15.9 Å². The molecule has 6 heteroatoms. The van der Waals surface area contributed by atoms with E-state index in [1.807, 2.05) is 12.1 Å². The number of fused-ring (bicyclic) bond motifs is 1. The van der Waals surface area contributed by atoms with Gasteiger partial charge in [-0.15, -0.1) is 0 Å². The van der Waals surface area contributed by atoms with Gasteiger partial charge in [-0.05, 0) is 42.2 Å². The molecule has 1 unspecified atom stereocenters. The van der Waals surface area contributed by atoms with Crippen molar-refractivity contribution in [1.29, 1.82) is 0 Å². The second kappa shape index (κ2) is 7.47. The summed E-state index contributed by atoms with van der Waals surface area (Å²) in [5, 5.41) is 4.11. The number of amides is 1. The Bertz CT molecular complexity index is 925. The van der Waals surface area contributed by atoms with Crippen molar-refractivity contribution >= 4 is 22.8 Å². The van der Waals surface area contributed by atoms with E-state index in [0.29, 0.717) is 22.9 Å². The summed E-state index contributed by atoms with van der Waals surface area (Å²) in [6.07, 6.45) is 2.52. The van der Waals surface area contributed by atoms with Crippen molar-refractivity contribution < 1.29 is 9.18 Å². The zero-order chi connectivity index (χ0) is 18.7. The number of benzene rings is 2. The Morgan fingerprint density at radius 1 is 1.19 bits per heavy atom. The molecule has 134 valence electrons. The number of carbonyl (C=O) groups is 1. The molecule has 1 amide bonds. The van der Waals surface area contributed by atoms with Gasteiger partial charge in [0, 0.05) is 23.2 Å². The van der Waals surface area contributed by atoms with Crippen molar-refractivity contribution in [2.24, 2.45) is 11.7 Å². The van der Waals surface area contributed by atoms with Crippen LogP contribution >= 0.6 is 0 Å². The highest BCUT2D eigenvalue weighted by atomic mass is 19.1. The Labute approximate surface area is 151 Å². The van der Waals surface area contributed by atoms with E-state index < -0.39 is 5.91 Å². The molecule has 3 aromatic rings. The van der Waals surface area contributed by atoms with Gasteiger partial charge in [0.2, 0.25) is 11.9 Å². The highest BCUT2D eigenvalue weighted by molar-refractivity contribution is 5.92. The third kappa shape index (κ3) is 4.14. The van der Waals surface area contributed by atoms with E-state index in [2.05, 4.69) is 29.1 Å². The van der Waals surface area contributed by atoms with Gasteiger partial charge in [-0.2, -0.15) is 0 Å². The number of anilines is 1. The molecule has 0 spiro atoms. The van der Waals surface area contributed by atoms with E-state index in [-0.39, 0.29) is 11.9 Å². The summed E-state index contributed by atoms with van der Waals surface area (Å²) in [5.41, 5.74) is 7.33. The lowest BCUT2D eigenvalue weighted by molar-refractivity contribution is 0.100. The minimum atomic E-state index is -0.454. The number of rotatable bonds is 6. The summed E-state index contributed by atoms with van der Waals surface area (Å²) in [5.74, 6) is 0.0849. The molecule has 0 aliphatic heterocycles. The zero-order valence-electron chi connectivity index (χ0n) is 14.7. The normalized spacial score (nSPS) is 12.3. The predicted octanol–water partition coefficient (Wildman–Crippen LogP) is 4.07. The van der Waals surface area contributed by atoms with Gasteiger partial charge in [-0.25, -0.2) is 14.4 Å². The second-order valence-corrected chi connectivity index (χ2v) is 6.71. The lowest BCUT2D eigenvalue weighted by Crippen LogP contribution is -2.16. The Kier molecular flexibility index (Phi) is 5.11. The van der Waals surface area contributed by atoms with Gasteiger partial charge in [0.15, 0.2) is 0 Å². The van der Waals surface area contributed by atoms with E-state index in [1.54, 1.807) is 24.4 Å². The Morgan fingerprint density at radius 2 is 1.92 bits per heavy atom. The van der Waals surface area contributed by atoms with Crippen LogP contribution in [0.1, 0.15) is 42.2 Å². The van der Waals surface area contributed by atoms with Gasteiger partial charge in [-0.1, -0.05) is 26.0 Å². The Balaban J connectivity index is 1.89. The molecule has 0 fully saturated rings. The lowest BCUT2D eigenvalue weighted by atomic mass is 9.96. The second-order valence-electron chi connectivity index (χ2n) is 6.71. The Hall–Kier alpha value is -3.02. The predicted molar refractivity (Wildman–Crippen MR) is 100 cm³/mol. The first-order valence-corrected chi connectivity index (χ1v) is 8.51. The van der Waals surface area contributed by atoms with Crippen molar-refractivity contribution in [2.75, 3.05) is 5.32 Å². The van der Waals surface area contributed by atoms with Crippen LogP contribution in [0.3, 0.4) is 0 Å². The van der Waals surface area contributed by atoms with Crippen LogP contribution in [0.25, 0.3) is 10.9 Å². The molecule has 2 aromatic carbocycles. The van der Waals surface area contributed by atoms with Crippen LogP contribution in [0, 0.1) is 11.7 Å². The highest BCUT2D eigenvalue weighted by Gasteiger charge is 2.15. The molecular formula is C20H21FN4O. The molecule has 5 nitrogen and oxygen atoms in total. The number of nitrogens with one attached hydrogen (secondary N) is 1. The van der Waals surface area contributed by atoms with Crippen LogP contribution < -0.4 is 11.1 Å². The maximum absolute atomic E-state index is 13.5. The summed E-state index contributed by atoms with van der Waals surface area (Å²) in [4.78, 5) is 20.0. The number of hydrogen-bond donors (Lipinski definition) is 2. The first-order chi connectivity index (χ1) is 12.4. The molecule has 0 saturated heterocycles. The van der Waals surface area contributed by atoms with Crippen molar-refractivity contribution in [3.8, 4) is 0 Å². The molecule has 3 N–H and O–H groups in total. The number of primary amides is 1. The van der Waals surface area contributed by atoms with Crippen LogP contribution in [-0.2, 0) is 0 Å². The van der Waals surface area contributed by atoms with Gasteiger partial charge in [0.05, 0.1) is 11.6 Å². The third-order valence-corrected chi connectivity index (χ3v) is 4.15. The van der Waals surface area contributed by atoms with Crippen molar-refractivity contribution in [3.05, 3.63) is 65.6 Å². The minimum Gasteiger partial charge on any atom is -0.366 e. The number of nitrogens with two attached hydrogens (primary N) is 1. The van der Waals surface area contributed by atoms with Gasteiger partial charge in [0.1, 0.15) is 5.82 Å². The minimum absolute atomic E-state index is 0.0389. The largest absolute Gasteiger partial charge is 0.366 e. The van der Waals surface area contributed by atoms with Crippen molar-refractivity contribution in [2.45, 2.75) is 26.3 Å². The number of hydrogen-bond acceptors (Lipinski definition) is 4. The molecule has 0 bridgehead atoms. The molecule has 1 heterocycles. The average molecular weight is 352 g/mol. The van der Waals surface area contributed by atoms with Gasteiger partial charge >= 0.3 is 0 Å². The van der Waals surface area contributed by atoms with E-state index in [1.165, 1.54) is 12.1 Å². The van der Waals surface area contributed by atoms with Gasteiger partial charge in [-0.3, -0.25) is 4.79 Å². The number of halogens is 1. The molecule has 0 radical (unpaired) electrons. The fourth-order valence-corrected chi connectivity index (χ4v) is 2.85. The topological polar surface area (TPSA) is 80.9 Å². The molecule has 3 rings (SSSR count). The van der Waals surface area contributed by atoms with Crippen LogP contribution in [0.2, 0.25) is 0 Å². The van der Waals surface area contributed by atoms with Gasteiger partial charge < -0.3 is 11.1 Å². The fourth-order valence-electron chi connectivity index (χ4n) is 2.85. The van der Waals surface area contributed by atoms with Crippen LogP contribution in [0.4, 0.5) is 10.3 Å². The lowest BCUT2D eigenvalue weighted by Gasteiger charge is -2.21. The van der Waals surface area contributed by atoms with E-state index in [9.17, 15) is 9.18 Å². The smallest absolute Gasteiger partial charge is 0.248 e. The standard InChI is InChI=1S/C20H21FN4O/c1-12(2)9-17(13-3-5-14(6-4-13)19(22)26)24-20-23-11-15-7-8-16(21)10-18(15)25-20/h3-8,10-12,17H,9H2,1-2H3,(H2,22,26)(H,23,24,25). The summed E-state index contributed by atoms with van der Waals surface area (Å²) in [6, 6.07) is 11.6. The molecule has 0 aliphatic carbocycles. The first kappa shape index (κ1) is 17.8. The maximum atomic E-state index is 13.5. The number of nitrogens with zero attached hydrogens (tertiary/aromatic N) is 2. The molecule has 0 saturated carbocycles. The summed E-state index contributed by atoms with van der Waals surface area (Å²) < 4.78 is 13.5. The van der Waals surface area contributed by atoms with Crippen LogP contribution in [0.15, 0.2) is 48.7 Å². The zero-order valence-corrected chi connectivity index (χ0v) is 14.7. The molecular weight excluding hydrogens is 331 g/mol. The van der Waals surface area contributed by atoms with E-state index in [0.717, 1.165) is 17.4 Å². The number of aromatic nitrogens is 2. The van der Waals surface area contributed by atoms with Crippen molar-refractivity contribution in [1.82, 2.24) is 9.97 Å². The van der Waals surface area contributed by atoms with Gasteiger partial charge in [0.25, 0.3) is 0 Å².